The summed E-state index contributed by atoms with van der Waals surface area (Å²) in [6.07, 6.45) is 0. The number of hydrogen-bond donors (Lipinski definition) is 1. The highest BCUT2D eigenvalue weighted by atomic mass is 16.6. The fourth-order valence-electron chi connectivity index (χ4n) is 0.586. The van der Waals surface area contributed by atoms with Gasteiger partial charge >= 0.3 is 11.8 Å². The lowest BCUT2D eigenvalue weighted by Gasteiger charge is -1.95. The first-order chi connectivity index (χ1) is 5.59. The highest BCUT2D eigenvalue weighted by Crippen LogP contribution is 2.09. The SMILES string of the molecule is CC(=O)OCc1oc(=O)oc1N. The van der Waals surface area contributed by atoms with Gasteiger partial charge in [0, 0.05) is 6.92 Å². The molecule has 0 spiro atoms. The van der Waals surface area contributed by atoms with Crippen molar-refractivity contribution in [2.45, 2.75) is 13.5 Å². The van der Waals surface area contributed by atoms with Crippen LogP contribution in [0.4, 0.5) is 5.88 Å². The third kappa shape index (κ3) is 1.88. The third-order valence-electron chi connectivity index (χ3n) is 1.08. The number of hydrogen-bond acceptors (Lipinski definition) is 6. The molecule has 0 unspecified atom stereocenters. The van der Waals surface area contributed by atoms with Gasteiger partial charge in [0.15, 0.2) is 6.61 Å². The molecule has 6 heteroatoms. The number of carbonyl (C=O) groups is 1. The van der Waals surface area contributed by atoms with Crippen molar-refractivity contribution in [3.8, 4) is 0 Å². The van der Waals surface area contributed by atoms with Crippen LogP contribution in [0.5, 0.6) is 0 Å². The van der Waals surface area contributed by atoms with Gasteiger partial charge in [0.05, 0.1) is 0 Å². The molecule has 0 aliphatic rings. The van der Waals surface area contributed by atoms with Crippen molar-refractivity contribution >= 4 is 11.9 Å². The van der Waals surface area contributed by atoms with E-state index in [0.29, 0.717) is 0 Å². The molecule has 1 heterocycles. The molecule has 0 bridgehead atoms. The monoisotopic (exact) mass is 173 g/mol. The maximum atomic E-state index is 10.4. The van der Waals surface area contributed by atoms with E-state index in [9.17, 15) is 9.59 Å². The molecule has 0 aromatic carbocycles. The van der Waals surface area contributed by atoms with Gasteiger partial charge in [-0.2, -0.15) is 0 Å². The van der Waals surface area contributed by atoms with Gasteiger partial charge in [0.25, 0.3) is 0 Å². The molecule has 0 saturated heterocycles. The summed E-state index contributed by atoms with van der Waals surface area (Å²) >= 11 is 0. The lowest BCUT2D eigenvalue weighted by Crippen LogP contribution is -1.99. The minimum Gasteiger partial charge on any atom is -0.457 e. The topological polar surface area (TPSA) is 95.7 Å². The number of nitrogen functional groups attached to an aromatic ring is 1. The molecule has 1 rings (SSSR count). The average molecular weight is 173 g/mol. The van der Waals surface area contributed by atoms with E-state index in [1.54, 1.807) is 0 Å². The molecule has 0 aliphatic carbocycles. The molecule has 6 nitrogen and oxygen atoms in total. The highest BCUT2D eigenvalue weighted by Gasteiger charge is 2.09. The molecule has 0 fully saturated rings. The third-order valence-corrected chi connectivity index (χ3v) is 1.08. The standard InChI is InChI=1S/C6H7NO5/c1-3(8)10-2-4-5(7)12-6(9)11-4/h2,7H2,1H3. The fourth-order valence-corrected chi connectivity index (χ4v) is 0.586. The zero-order valence-corrected chi connectivity index (χ0v) is 6.33. The zero-order chi connectivity index (χ0) is 9.14. The number of anilines is 1. The van der Waals surface area contributed by atoms with Crippen LogP contribution >= 0.6 is 0 Å². The predicted octanol–water partition coefficient (Wildman–Crippen LogP) is -0.122. The summed E-state index contributed by atoms with van der Waals surface area (Å²) in [6, 6.07) is 0. The smallest absolute Gasteiger partial charge is 0.457 e. The van der Waals surface area contributed by atoms with Gasteiger partial charge in [-0.05, 0) is 0 Å². The Morgan fingerprint density at radius 1 is 1.58 bits per heavy atom. The summed E-state index contributed by atoms with van der Waals surface area (Å²) < 4.78 is 13.3. The Hall–Kier alpha value is -1.72. The van der Waals surface area contributed by atoms with E-state index >= 15 is 0 Å². The Morgan fingerprint density at radius 3 is 2.67 bits per heavy atom. The zero-order valence-electron chi connectivity index (χ0n) is 6.33. The molecule has 0 saturated carbocycles. The number of nitrogens with two attached hydrogens (primary N) is 1. The van der Waals surface area contributed by atoms with Crippen LogP contribution in [-0.2, 0) is 16.1 Å². The van der Waals surface area contributed by atoms with Crippen LogP contribution in [0.15, 0.2) is 13.6 Å². The second-order valence-corrected chi connectivity index (χ2v) is 2.02. The first-order valence-electron chi connectivity index (χ1n) is 3.11. The number of carbonyl (C=O) groups excluding carboxylic acids is 1. The van der Waals surface area contributed by atoms with Gasteiger partial charge < -0.3 is 19.3 Å². The maximum absolute atomic E-state index is 10.4. The molecule has 2 N–H and O–H groups in total. The largest absolute Gasteiger partial charge is 0.520 e. The number of rotatable bonds is 2. The van der Waals surface area contributed by atoms with E-state index in [1.807, 2.05) is 0 Å². The quantitative estimate of drug-likeness (QED) is 0.626. The molecule has 0 aliphatic heterocycles. The fraction of sp³-hybridized carbons (Fsp3) is 0.333. The summed E-state index contributed by atoms with van der Waals surface area (Å²) in [7, 11) is 0. The van der Waals surface area contributed by atoms with Crippen LogP contribution in [0.25, 0.3) is 0 Å². The first-order valence-corrected chi connectivity index (χ1v) is 3.11. The van der Waals surface area contributed by atoms with Crippen molar-refractivity contribution in [2.24, 2.45) is 0 Å². The summed E-state index contributed by atoms with van der Waals surface area (Å²) in [5.41, 5.74) is 5.18. The Kier molecular flexibility index (Phi) is 2.18. The van der Waals surface area contributed by atoms with Crippen LogP contribution in [0, 0.1) is 0 Å². The van der Waals surface area contributed by atoms with Crippen LogP contribution in [0.3, 0.4) is 0 Å². The highest BCUT2D eigenvalue weighted by molar-refractivity contribution is 5.65. The molecule has 1 aromatic heterocycles. The van der Waals surface area contributed by atoms with Crippen LogP contribution in [0.2, 0.25) is 0 Å². The Bertz CT molecular complexity index is 336. The van der Waals surface area contributed by atoms with E-state index in [1.165, 1.54) is 6.92 Å². The molecular formula is C6H7NO5. The molecular weight excluding hydrogens is 166 g/mol. The maximum Gasteiger partial charge on any atom is 0.520 e. The Balaban J connectivity index is 2.69. The van der Waals surface area contributed by atoms with E-state index in [0.717, 1.165) is 0 Å². The predicted molar refractivity (Wildman–Crippen MR) is 37.1 cm³/mol. The summed E-state index contributed by atoms with van der Waals surface area (Å²) in [5, 5.41) is 0. The normalized spacial score (nSPS) is 9.75. The van der Waals surface area contributed by atoms with Gasteiger partial charge in [-0.25, -0.2) is 4.79 Å². The van der Waals surface area contributed by atoms with Crippen molar-refractivity contribution in [2.75, 3.05) is 5.73 Å². The van der Waals surface area contributed by atoms with Gasteiger partial charge in [-0.3, -0.25) is 4.79 Å². The van der Waals surface area contributed by atoms with E-state index in [-0.39, 0.29) is 18.3 Å². The van der Waals surface area contributed by atoms with E-state index in [4.69, 9.17) is 5.73 Å². The number of ether oxygens (including phenoxy) is 1. The van der Waals surface area contributed by atoms with Crippen molar-refractivity contribution < 1.29 is 18.4 Å². The van der Waals surface area contributed by atoms with E-state index in [2.05, 4.69) is 13.6 Å². The first kappa shape index (κ1) is 8.38. The Labute approximate surface area is 66.9 Å². The van der Waals surface area contributed by atoms with Crippen LogP contribution in [-0.4, -0.2) is 5.97 Å². The molecule has 12 heavy (non-hydrogen) atoms. The molecule has 66 valence electrons. The van der Waals surface area contributed by atoms with Gasteiger partial charge in [0.1, 0.15) is 0 Å². The van der Waals surface area contributed by atoms with Crippen molar-refractivity contribution in [3.63, 3.8) is 0 Å². The minimum absolute atomic E-state index is 0.0233. The van der Waals surface area contributed by atoms with Crippen molar-refractivity contribution in [1.29, 1.82) is 0 Å². The molecule has 1 aromatic rings. The summed E-state index contributed by atoms with van der Waals surface area (Å²) in [5.74, 6) is -1.54. The lowest BCUT2D eigenvalue weighted by atomic mass is 10.5. The second-order valence-electron chi connectivity index (χ2n) is 2.02. The van der Waals surface area contributed by atoms with Gasteiger partial charge in [-0.1, -0.05) is 0 Å². The van der Waals surface area contributed by atoms with Crippen LogP contribution < -0.4 is 11.6 Å². The number of esters is 1. The van der Waals surface area contributed by atoms with Gasteiger partial charge in [0.2, 0.25) is 11.6 Å². The molecule has 0 atom stereocenters. The Morgan fingerprint density at radius 2 is 2.25 bits per heavy atom. The summed E-state index contributed by atoms with van der Waals surface area (Å²) in [4.78, 5) is 20.7. The molecule has 0 radical (unpaired) electrons. The van der Waals surface area contributed by atoms with Crippen molar-refractivity contribution in [1.82, 2.24) is 0 Å². The van der Waals surface area contributed by atoms with Crippen LogP contribution in [0.1, 0.15) is 12.7 Å². The minimum atomic E-state index is -0.908. The van der Waals surface area contributed by atoms with E-state index < -0.39 is 11.8 Å². The summed E-state index contributed by atoms with van der Waals surface area (Å²) in [6.45, 7) is 1.04. The average Bonchev–Trinajstić information content (AvgIpc) is 2.26. The van der Waals surface area contributed by atoms with Crippen molar-refractivity contribution in [3.05, 3.63) is 16.4 Å². The van der Waals surface area contributed by atoms with Gasteiger partial charge in [-0.15, -0.1) is 0 Å². The second kappa shape index (κ2) is 3.12. The molecule has 0 amide bonds. The lowest BCUT2D eigenvalue weighted by molar-refractivity contribution is -0.142.